The van der Waals surface area contributed by atoms with Crippen LogP contribution in [0, 0.1) is 5.92 Å². The first-order chi connectivity index (χ1) is 11.3. The Morgan fingerprint density at radius 3 is 2.46 bits per heavy atom. The Labute approximate surface area is 138 Å². The van der Waals surface area contributed by atoms with Crippen LogP contribution in [0.4, 0.5) is 13.2 Å². The summed E-state index contributed by atoms with van der Waals surface area (Å²) in [6.45, 7) is 5.88. The van der Waals surface area contributed by atoms with E-state index in [0.717, 1.165) is 25.2 Å². The number of hydrogen-bond donors (Lipinski definition) is 1. The summed E-state index contributed by atoms with van der Waals surface area (Å²) in [6.07, 6.45) is 2.85. The minimum absolute atomic E-state index is 0.993. The number of carboxylic acids is 1. The van der Waals surface area contributed by atoms with Crippen LogP contribution in [-0.4, -0.2) is 51.8 Å². The van der Waals surface area contributed by atoms with Crippen molar-refractivity contribution in [3.63, 3.8) is 0 Å². The first-order valence-electron chi connectivity index (χ1n) is 8.15. The SMILES string of the molecule is CCc1ncnc2c1CCN(CC1CC1)CC2.O=C(O)C(F)(F)F. The van der Waals surface area contributed by atoms with E-state index in [4.69, 9.17) is 9.90 Å². The Hall–Kier alpha value is -1.70. The lowest BCUT2D eigenvalue weighted by Gasteiger charge is -2.18. The molecule has 0 amide bonds. The molecule has 1 fully saturated rings. The van der Waals surface area contributed by atoms with Gasteiger partial charge in [0.1, 0.15) is 6.33 Å². The number of aromatic nitrogens is 2. The third-order valence-electron chi connectivity index (χ3n) is 4.26. The van der Waals surface area contributed by atoms with Crippen molar-refractivity contribution in [1.29, 1.82) is 0 Å². The van der Waals surface area contributed by atoms with Gasteiger partial charge in [-0.25, -0.2) is 14.8 Å². The fourth-order valence-electron chi connectivity index (χ4n) is 2.79. The highest BCUT2D eigenvalue weighted by molar-refractivity contribution is 5.73. The van der Waals surface area contributed by atoms with Gasteiger partial charge in [0.25, 0.3) is 0 Å². The Balaban J connectivity index is 0.000000256. The Morgan fingerprint density at radius 2 is 1.92 bits per heavy atom. The molecular weight excluding hydrogens is 323 g/mol. The predicted molar refractivity (Wildman–Crippen MR) is 81.7 cm³/mol. The van der Waals surface area contributed by atoms with E-state index >= 15 is 0 Å². The first kappa shape index (κ1) is 18.6. The lowest BCUT2D eigenvalue weighted by atomic mass is 10.1. The molecule has 1 aliphatic carbocycles. The molecule has 1 aromatic heterocycles. The predicted octanol–water partition coefficient (Wildman–Crippen LogP) is 2.48. The molecule has 0 bridgehead atoms. The molecule has 8 heteroatoms. The van der Waals surface area contributed by atoms with Gasteiger partial charge in [0, 0.05) is 37.4 Å². The van der Waals surface area contributed by atoms with Gasteiger partial charge in [-0.05, 0) is 37.2 Å². The van der Waals surface area contributed by atoms with Gasteiger partial charge in [0.2, 0.25) is 0 Å². The normalized spacial score (nSPS) is 18.2. The van der Waals surface area contributed by atoms with Crippen molar-refractivity contribution in [2.75, 3.05) is 19.6 Å². The van der Waals surface area contributed by atoms with Gasteiger partial charge in [-0.15, -0.1) is 0 Å². The van der Waals surface area contributed by atoms with Gasteiger partial charge in [0.15, 0.2) is 0 Å². The van der Waals surface area contributed by atoms with Crippen LogP contribution < -0.4 is 0 Å². The molecule has 0 saturated heterocycles. The van der Waals surface area contributed by atoms with E-state index in [-0.39, 0.29) is 0 Å². The van der Waals surface area contributed by atoms with Crippen LogP contribution >= 0.6 is 0 Å². The van der Waals surface area contributed by atoms with Crippen molar-refractivity contribution >= 4 is 5.97 Å². The van der Waals surface area contributed by atoms with Crippen LogP contribution in [0.5, 0.6) is 0 Å². The van der Waals surface area contributed by atoms with Crippen LogP contribution in [0.15, 0.2) is 6.33 Å². The monoisotopic (exact) mass is 345 g/mol. The molecule has 3 rings (SSSR count). The van der Waals surface area contributed by atoms with Crippen LogP contribution in [0.3, 0.4) is 0 Å². The third kappa shape index (κ3) is 5.43. The second kappa shape index (κ2) is 7.92. The maximum absolute atomic E-state index is 10.6. The quantitative estimate of drug-likeness (QED) is 0.912. The average molecular weight is 345 g/mol. The molecule has 2 heterocycles. The minimum atomic E-state index is -5.08. The molecule has 0 radical (unpaired) electrons. The smallest absolute Gasteiger partial charge is 0.475 e. The van der Waals surface area contributed by atoms with Crippen molar-refractivity contribution < 1.29 is 23.1 Å². The molecule has 2 aliphatic rings. The minimum Gasteiger partial charge on any atom is -0.475 e. The molecule has 134 valence electrons. The lowest BCUT2D eigenvalue weighted by molar-refractivity contribution is -0.192. The third-order valence-corrected chi connectivity index (χ3v) is 4.26. The van der Waals surface area contributed by atoms with Gasteiger partial charge >= 0.3 is 12.1 Å². The molecule has 1 N–H and O–H groups in total. The molecule has 1 aliphatic heterocycles. The summed E-state index contributed by atoms with van der Waals surface area (Å²) < 4.78 is 31.7. The second-order valence-electron chi connectivity index (χ2n) is 6.15. The molecule has 1 aromatic rings. The fraction of sp³-hybridized carbons (Fsp3) is 0.688. The second-order valence-corrected chi connectivity index (χ2v) is 6.15. The number of carbonyl (C=O) groups is 1. The van der Waals surface area contributed by atoms with E-state index in [1.54, 1.807) is 6.33 Å². The lowest BCUT2D eigenvalue weighted by Crippen LogP contribution is -2.28. The number of halogens is 3. The molecule has 0 spiro atoms. The number of rotatable bonds is 3. The van der Waals surface area contributed by atoms with Crippen molar-refractivity contribution in [3.05, 3.63) is 23.3 Å². The topological polar surface area (TPSA) is 66.3 Å². The Bertz CT molecular complexity index is 574. The summed E-state index contributed by atoms with van der Waals surface area (Å²) in [5, 5.41) is 7.12. The summed E-state index contributed by atoms with van der Waals surface area (Å²) in [7, 11) is 0. The molecule has 24 heavy (non-hydrogen) atoms. The van der Waals surface area contributed by atoms with Gasteiger partial charge in [-0.1, -0.05) is 6.92 Å². The van der Waals surface area contributed by atoms with E-state index in [1.165, 1.54) is 49.4 Å². The summed E-state index contributed by atoms with van der Waals surface area (Å²) in [5.41, 5.74) is 4.01. The summed E-state index contributed by atoms with van der Waals surface area (Å²) >= 11 is 0. The zero-order chi connectivity index (χ0) is 17.7. The van der Waals surface area contributed by atoms with Crippen molar-refractivity contribution in [3.8, 4) is 0 Å². The highest BCUT2D eigenvalue weighted by atomic mass is 19.4. The van der Waals surface area contributed by atoms with Crippen LogP contribution in [-0.2, 0) is 24.1 Å². The number of alkyl halides is 3. The molecule has 0 atom stereocenters. The molecule has 1 saturated carbocycles. The van der Waals surface area contributed by atoms with Gasteiger partial charge in [-0.2, -0.15) is 13.2 Å². The van der Waals surface area contributed by atoms with Gasteiger partial charge in [0.05, 0.1) is 0 Å². The molecule has 5 nitrogen and oxygen atoms in total. The van der Waals surface area contributed by atoms with Crippen LogP contribution in [0.2, 0.25) is 0 Å². The zero-order valence-electron chi connectivity index (χ0n) is 13.6. The Morgan fingerprint density at radius 1 is 1.29 bits per heavy atom. The van der Waals surface area contributed by atoms with E-state index in [0.29, 0.717) is 0 Å². The van der Waals surface area contributed by atoms with Crippen molar-refractivity contribution in [2.45, 2.75) is 45.2 Å². The fourth-order valence-corrected chi connectivity index (χ4v) is 2.79. The van der Waals surface area contributed by atoms with Gasteiger partial charge < -0.3 is 10.0 Å². The number of nitrogens with zero attached hydrogens (tertiary/aromatic N) is 3. The zero-order valence-corrected chi connectivity index (χ0v) is 13.6. The maximum Gasteiger partial charge on any atom is 0.490 e. The highest BCUT2D eigenvalue weighted by Gasteiger charge is 2.38. The van der Waals surface area contributed by atoms with E-state index in [2.05, 4.69) is 21.8 Å². The molecule has 0 aromatic carbocycles. The Kier molecular flexibility index (Phi) is 6.15. The molecule has 0 unspecified atom stereocenters. The summed E-state index contributed by atoms with van der Waals surface area (Å²) in [6, 6.07) is 0. The summed E-state index contributed by atoms with van der Waals surface area (Å²) in [4.78, 5) is 20.4. The molecular formula is C16H22F3N3O2. The number of fused-ring (bicyclic) bond motifs is 1. The van der Waals surface area contributed by atoms with Crippen molar-refractivity contribution in [1.82, 2.24) is 14.9 Å². The standard InChI is InChI=1S/C14H21N3.C2HF3O2/c1-2-13-12-5-7-17(9-11-3-4-11)8-6-14(12)16-10-15-13;3-2(4,5)1(6)7/h10-11H,2-9H2,1H3;(H,6,7). The average Bonchev–Trinajstić information content (AvgIpc) is 3.35. The van der Waals surface area contributed by atoms with Crippen LogP contribution in [0.1, 0.15) is 36.7 Å². The van der Waals surface area contributed by atoms with Gasteiger partial charge in [-0.3, -0.25) is 0 Å². The summed E-state index contributed by atoms with van der Waals surface area (Å²) in [5.74, 6) is -1.76. The number of aliphatic carboxylic acids is 1. The number of hydrogen-bond acceptors (Lipinski definition) is 4. The van der Waals surface area contributed by atoms with Crippen molar-refractivity contribution in [2.24, 2.45) is 5.92 Å². The number of aryl methyl sites for hydroxylation is 1. The number of carboxylic acid groups (broad SMARTS) is 1. The highest BCUT2D eigenvalue weighted by Crippen LogP contribution is 2.30. The van der Waals surface area contributed by atoms with Crippen LogP contribution in [0.25, 0.3) is 0 Å². The van der Waals surface area contributed by atoms with E-state index in [9.17, 15) is 13.2 Å². The van der Waals surface area contributed by atoms with E-state index < -0.39 is 12.1 Å². The van der Waals surface area contributed by atoms with E-state index in [1.807, 2.05) is 0 Å². The maximum atomic E-state index is 10.6. The largest absolute Gasteiger partial charge is 0.490 e. The first-order valence-corrected chi connectivity index (χ1v) is 8.15.